The van der Waals surface area contributed by atoms with Crippen LogP contribution < -0.4 is 5.11 Å². The smallest absolute Gasteiger partial charge is 0.223 e. The number of amides is 1. The summed E-state index contributed by atoms with van der Waals surface area (Å²) in [7, 11) is 0. The number of pyridine rings is 1. The minimum absolute atomic E-state index is 0.0369. The quantitative estimate of drug-likeness (QED) is 0.665. The lowest BCUT2D eigenvalue weighted by atomic mass is 10.1. The highest BCUT2D eigenvalue weighted by atomic mass is 16.4. The summed E-state index contributed by atoms with van der Waals surface area (Å²) in [6.45, 7) is 0.585. The zero-order valence-corrected chi connectivity index (χ0v) is 8.63. The maximum atomic E-state index is 11.5. The molecule has 1 aromatic heterocycles. The predicted molar refractivity (Wildman–Crippen MR) is 52.8 cm³/mol. The van der Waals surface area contributed by atoms with E-state index in [1.54, 1.807) is 18.3 Å². The zero-order valence-electron chi connectivity index (χ0n) is 8.63. The van der Waals surface area contributed by atoms with Crippen molar-refractivity contribution < 1.29 is 14.7 Å². The summed E-state index contributed by atoms with van der Waals surface area (Å²) < 4.78 is 0. The van der Waals surface area contributed by atoms with Gasteiger partial charge in [0, 0.05) is 31.0 Å². The van der Waals surface area contributed by atoms with E-state index in [0.717, 1.165) is 5.69 Å². The van der Waals surface area contributed by atoms with Crippen LogP contribution in [0.5, 0.6) is 0 Å². The number of aliphatic carboxylic acids is 1. The van der Waals surface area contributed by atoms with Crippen LogP contribution in [0.3, 0.4) is 0 Å². The number of carbonyl (C=O) groups is 2. The van der Waals surface area contributed by atoms with E-state index in [4.69, 9.17) is 0 Å². The third-order valence-electron chi connectivity index (χ3n) is 2.63. The van der Waals surface area contributed by atoms with Crippen LogP contribution in [0, 0.1) is 5.92 Å². The van der Waals surface area contributed by atoms with Crippen molar-refractivity contribution in [3.8, 4) is 0 Å². The Hall–Kier alpha value is -1.91. The van der Waals surface area contributed by atoms with Gasteiger partial charge in [0.1, 0.15) is 0 Å². The van der Waals surface area contributed by atoms with E-state index < -0.39 is 11.9 Å². The molecule has 0 saturated carbocycles. The maximum Gasteiger partial charge on any atom is 0.223 e. The van der Waals surface area contributed by atoms with E-state index in [-0.39, 0.29) is 18.9 Å². The van der Waals surface area contributed by atoms with Crippen molar-refractivity contribution in [1.29, 1.82) is 0 Å². The second kappa shape index (κ2) is 4.30. The summed E-state index contributed by atoms with van der Waals surface area (Å²) in [5, 5.41) is 10.6. The summed E-state index contributed by atoms with van der Waals surface area (Å²) in [6, 6.07) is 5.43. The fourth-order valence-electron chi connectivity index (χ4n) is 1.77. The molecule has 0 aliphatic carbocycles. The standard InChI is InChI=1S/C11H12N2O3/c14-10-5-8(11(15)16)6-13(10)7-9-3-1-2-4-12-9/h1-4,8H,5-7H2,(H,15,16)/p-1/t8-/m1/s1. The first-order valence-electron chi connectivity index (χ1n) is 5.05. The first kappa shape index (κ1) is 10.6. The number of carbonyl (C=O) groups excluding carboxylic acids is 2. The highest BCUT2D eigenvalue weighted by Gasteiger charge is 2.30. The Balaban J connectivity index is 2.02. The zero-order chi connectivity index (χ0) is 11.5. The molecule has 2 rings (SSSR count). The van der Waals surface area contributed by atoms with Crippen LogP contribution in [0.1, 0.15) is 12.1 Å². The van der Waals surface area contributed by atoms with Crippen molar-refractivity contribution in [1.82, 2.24) is 9.88 Å². The largest absolute Gasteiger partial charge is 0.550 e. The third kappa shape index (κ3) is 2.18. The Morgan fingerprint density at radius 3 is 2.94 bits per heavy atom. The average Bonchev–Trinajstić information content (AvgIpc) is 2.62. The Kier molecular flexibility index (Phi) is 2.85. The number of likely N-dealkylation sites (tertiary alicyclic amines) is 1. The van der Waals surface area contributed by atoms with Gasteiger partial charge in [0.2, 0.25) is 5.91 Å². The van der Waals surface area contributed by atoms with Gasteiger partial charge in [-0.3, -0.25) is 9.78 Å². The van der Waals surface area contributed by atoms with Crippen molar-refractivity contribution in [2.75, 3.05) is 6.54 Å². The van der Waals surface area contributed by atoms with E-state index in [0.29, 0.717) is 6.54 Å². The Labute approximate surface area is 92.7 Å². The van der Waals surface area contributed by atoms with E-state index in [1.165, 1.54) is 4.90 Å². The van der Waals surface area contributed by atoms with E-state index in [1.807, 2.05) is 6.07 Å². The number of rotatable bonds is 3. The van der Waals surface area contributed by atoms with Crippen LogP contribution in [0.25, 0.3) is 0 Å². The average molecular weight is 219 g/mol. The van der Waals surface area contributed by atoms with Crippen LogP contribution in [0.4, 0.5) is 0 Å². The third-order valence-corrected chi connectivity index (χ3v) is 2.63. The molecular formula is C11H11N2O3-. The fourth-order valence-corrected chi connectivity index (χ4v) is 1.77. The molecule has 0 radical (unpaired) electrons. The molecule has 5 heteroatoms. The number of aromatic nitrogens is 1. The van der Waals surface area contributed by atoms with Crippen molar-refractivity contribution in [3.05, 3.63) is 30.1 Å². The van der Waals surface area contributed by atoms with Crippen molar-refractivity contribution in [3.63, 3.8) is 0 Å². The lowest BCUT2D eigenvalue weighted by molar-refractivity contribution is -0.311. The molecule has 1 aromatic rings. The Morgan fingerprint density at radius 2 is 2.38 bits per heavy atom. The van der Waals surface area contributed by atoms with Gasteiger partial charge in [0.15, 0.2) is 0 Å². The lowest BCUT2D eigenvalue weighted by Crippen LogP contribution is -2.33. The summed E-state index contributed by atoms with van der Waals surface area (Å²) >= 11 is 0. The molecule has 1 fully saturated rings. The molecule has 0 aromatic carbocycles. The molecule has 1 aliphatic rings. The van der Waals surface area contributed by atoms with Crippen LogP contribution in [-0.2, 0) is 16.1 Å². The molecule has 2 heterocycles. The highest BCUT2D eigenvalue weighted by molar-refractivity contribution is 5.85. The summed E-state index contributed by atoms with van der Waals surface area (Å²) in [5.74, 6) is -1.99. The van der Waals surface area contributed by atoms with Gasteiger partial charge < -0.3 is 14.8 Å². The molecular weight excluding hydrogens is 208 g/mol. The van der Waals surface area contributed by atoms with Crippen LogP contribution in [0.2, 0.25) is 0 Å². The van der Waals surface area contributed by atoms with Gasteiger partial charge in [-0.05, 0) is 12.1 Å². The highest BCUT2D eigenvalue weighted by Crippen LogP contribution is 2.18. The molecule has 84 valence electrons. The van der Waals surface area contributed by atoms with Gasteiger partial charge in [-0.1, -0.05) is 6.07 Å². The molecule has 1 aliphatic heterocycles. The van der Waals surface area contributed by atoms with Crippen LogP contribution >= 0.6 is 0 Å². The summed E-state index contributed by atoms with van der Waals surface area (Å²) in [5.41, 5.74) is 0.759. The monoisotopic (exact) mass is 219 g/mol. The summed E-state index contributed by atoms with van der Waals surface area (Å²) in [6.07, 6.45) is 1.68. The molecule has 0 N–H and O–H groups in total. The first-order valence-corrected chi connectivity index (χ1v) is 5.05. The van der Waals surface area contributed by atoms with Crippen molar-refractivity contribution >= 4 is 11.9 Å². The van der Waals surface area contributed by atoms with Gasteiger partial charge in [-0.25, -0.2) is 0 Å². The fraction of sp³-hybridized carbons (Fsp3) is 0.364. The molecule has 1 amide bonds. The number of carboxylic acid groups (broad SMARTS) is 1. The van der Waals surface area contributed by atoms with Gasteiger partial charge >= 0.3 is 0 Å². The van der Waals surface area contributed by atoms with Gasteiger partial charge in [0.25, 0.3) is 0 Å². The van der Waals surface area contributed by atoms with E-state index in [2.05, 4.69) is 4.98 Å². The van der Waals surface area contributed by atoms with Crippen molar-refractivity contribution in [2.45, 2.75) is 13.0 Å². The number of nitrogens with zero attached hydrogens (tertiary/aromatic N) is 2. The van der Waals surface area contributed by atoms with Gasteiger partial charge in [-0.2, -0.15) is 0 Å². The Bertz CT molecular complexity index is 405. The van der Waals surface area contributed by atoms with Gasteiger partial charge in [0.05, 0.1) is 12.2 Å². The van der Waals surface area contributed by atoms with Crippen molar-refractivity contribution in [2.24, 2.45) is 5.92 Å². The Morgan fingerprint density at radius 1 is 1.56 bits per heavy atom. The molecule has 0 spiro atoms. The van der Waals surface area contributed by atoms with E-state index in [9.17, 15) is 14.7 Å². The van der Waals surface area contributed by atoms with E-state index >= 15 is 0 Å². The minimum atomic E-state index is -1.16. The lowest BCUT2D eigenvalue weighted by Gasteiger charge is -2.16. The maximum absolute atomic E-state index is 11.5. The normalized spacial score (nSPS) is 20.1. The molecule has 1 saturated heterocycles. The molecule has 5 nitrogen and oxygen atoms in total. The number of hydrogen-bond donors (Lipinski definition) is 0. The summed E-state index contributed by atoms with van der Waals surface area (Å²) in [4.78, 5) is 27.7. The molecule has 0 unspecified atom stereocenters. The minimum Gasteiger partial charge on any atom is -0.550 e. The van der Waals surface area contributed by atoms with Crippen LogP contribution in [0.15, 0.2) is 24.4 Å². The molecule has 1 atom stereocenters. The molecule has 0 bridgehead atoms. The molecule has 16 heavy (non-hydrogen) atoms. The SMILES string of the molecule is O=C([O-])[C@@H]1CC(=O)N(Cc2ccccn2)C1. The number of hydrogen-bond acceptors (Lipinski definition) is 4. The number of carboxylic acids is 1. The predicted octanol–water partition coefficient (Wildman–Crippen LogP) is -0.820. The van der Waals surface area contributed by atoms with Crippen LogP contribution in [-0.4, -0.2) is 28.3 Å². The van der Waals surface area contributed by atoms with Gasteiger partial charge in [-0.15, -0.1) is 0 Å². The second-order valence-electron chi connectivity index (χ2n) is 3.82. The topological polar surface area (TPSA) is 73.3 Å². The second-order valence-corrected chi connectivity index (χ2v) is 3.82. The first-order chi connectivity index (χ1) is 7.66.